The minimum absolute atomic E-state index is 0.317. The molecule has 0 saturated carbocycles. The lowest BCUT2D eigenvalue weighted by Crippen LogP contribution is -2.46. The number of carbonyl (C=O) groups is 1. The first-order chi connectivity index (χ1) is 11.2. The van der Waals surface area contributed by atoms with Gasteiger partial charge in [0.15, 0.2) is 0 Å². The molecule has 1 saturated heterocycles. The van der Waals surface area contributed by atoms with Crippen LogP contribution in [0, 0.1) is 0 Å². The minimum Gasteiger partial charge on any atom is -0.444 e. The summed E-state index contributed by atoms with van der Waals surface area (Å²) in [5, 5.41) is 14.8. The zero-order chi connectivity index (χ0) is 17.5. The first-order valence-corrected chi connectivity index (χ1v) is 9.31. The maximum atomic E-state index is 12.2. The molecule has 1 aliphatic heterocycles. The van der Waals surface area contributed by atoms with Crippen LogP contribution in [0.2, 0.25) is 5.02 Å². The summed E-state index contributed by atoms with van der Waals surface area (Å²) < 4.78 is 6.52. The monoisotopic (exact) mass is 367 g/mol. The van der Waals surface area contributed by atoms with Crippen molar-refractivity contribution in [3.63, 3.8) is 0 Å². The van der Waals surface area contributed by atoms with E-state index < -0.39 is 11.2 Å². The number of thiophene rings is 1. The number of ether oxygens (including phenoxy) is 1. The highest BCUT2D eigenvalue weighted by atomic mass is 35.5. The van der Waals surface area contributed by atoms with E-state index in [0.29, 0.717) is 31.0 Å². The number of benzene rings is 1. The van der Waals surface area contributed by atoms with E-state index in [0.717, 1.165) is 15.6 Å². The standard InChI is InChI=1S/C18H22ClNO3S/c1-17(2,3)23-16(21)20-8-6-18(22,7-9-20)14-11-24-15-5-4-12(19)10-13(14)15/h4-5,10-11,22H,6-9H2,1-3H3. The molecule has 0 radical (unpaired) electrons. The Morgan fingerprint density at radius 2 is 2.00 bits per heavy atom. The van der Waals surface area contributed by atoms with Gasteiger partial charge in [-0.15, -0.1) is 11.3 Å². The number of aliphatic hydroxyl groups is 1. The van der Waals surface area contributed by atoms with Gasteiger partial charge in [0.1, 0.15) is 5.60 Å². The van der Waals surface area contributed by atoms with Crippen molar-refractivity contribution in [2.45, 2.75) is 44.8 Å². The van der Waals surface area contributed by atoms with E-state index in [4.69, 9.17) is 16.3 Å². The lowest BCUT2D eigenvalue weighted by atomic mass is 9.84. The van der Waals surface area contributed by atoms with Crippen molar-refractivity contribution in [3.8, 4) is 0 Å². The molecule has 4 nitrogen and oxygen atoms in total. The SMILES string of the molecule is CC(C)(C)OC(=O)N1CCC(O)(c2csc3ccc(Cl)cc23)CC1. The fraction of sp³-hybridized carbons (Fsp3) is 0.500. The lowest BCUT2D eigenvalue weighted by molar-refractivity contribution is -0.0345. The quantitative estimate of drug-likeness (QED) is 0.789. The summed E-state index contributed by atoms with van der Waals surface area (Å²) in [5.74, 6) is 0. The Hall–Kier alpha value is -1.30. The maximum Gasteiger partial charge on any atom is 0.410 e. The predicted molar refractivity (Wildman–Crippen MR) is 97.8 cm³/mol. The molecule has 0 spiro atoms. The molecular weight excluding hydrogens is 346 g/mol. The fourth-order valence-corrected chi connectivity index (χ4v) is 4.22. The average Bonchev–Trinajstić information content (AvgIpc) is 2.89. The fourth-order valence-electron chi connectivity index (χ4n) is 3.02. The molecule has 0 aliphatic carbocycles. The Balaban J connectivity index is 1.77. The van der Waals surface area contributed by atoms with Gasteiger partial charge in [-0.1, -0.05) is 11.6 Å². The van der Waals surface area contributed by atoms with Crippen molar-refractivity contribution in [1.82, 2.24) is 4.90 Å². The van der Waals surface area contributed by atoms with Gasteiger partial charge in [-0.25, -0.2) is 4.79 Å². The summed E-state index contributed by atoms with van der Waals surface area (Å²) >= 11 is 7.72. The number of likely N-dealkylation sites (tertiary alicyclic amines) is 1. The normalized spacial score (nSPS) is 18.0. The van der Waals surface area contributed by atoms with Gasteiger partial charge in [-0.05, 0) is 62.6 Å². The van der Waals surface area contributed by atoms with Crippen LogP contribution in [0.25, 0.3) is 10.1 Å². The molecular formula is C18H22ClNO3S. The number of carbonyl (C=O) groups excluding carboxylic acids is 1. The molecule has 0 bridgehead atoms. The Labute approximate surface area is 151 Å². The van der Waals surface area contributed by atoms with E-state index in [1.807, 2.05) is 44.4 Å². The molecule has 1 N–H and O–H groups in total. The van der Waals surface area contributed by atoms with Gasteiger partial charge < -0.3 is 14.7 Å². The molecule has 1 aliphatic rings. The van der Waals surface area contributed by atoms with E-state index in [-0.39, 0.29) is 6.09 Å². The number of hydrogen-bond acceptors (Lipinski definition) is 4. The van der Waals surface area contributed by atoms with Crippen molar-refractivity contribution in [3.05, 3.63) is 34.2 Å². The molecule has 1 amide bonds. The molecule has 130 valence electrons. The molecule has 1 aromatic carbocycles. The summed E-state index contributed by atoms with van der Waals surface area (Å²) in [6.45, 7) is 6.51. The number of halogens is 1. The zero-order valence-electron chi connectivity index (χ0n) is 14.1. The Morgan fingerprint density at radius 1 is 1.33 bits per heavy atom. The topological polar surface area (TPSA) is 49.8 Å². The maximum absolute atomic E-state index is 12.2. The minimum atomic E-state index is -0.929. The number of rotatable bonds is 1. The van der Waals surface area contributed by atoms with Crippen LogP contribution in [-0.2, 0) is 10.3 Å². The Bertz CT molecular complexity index is 757. The summed E-state index contributed by atoms with van der Waals surface area (Å²) in [7, 11) is 0. The number of fused-ring (bicyclic) bond motifs is 1. The first-order valence-electron chi connectivity index (χ1n) is 8.05. The number of piperidine rings is 1. The van der Waals surface area contributed by atoms with E-state index in [1.165, 1.54) is 0 Å². The van der Waals surface area contributed by atoms with E-state index >= 15 is 0 Å². The van der Waals surface area contributed by atoms with Crippen molar-refractivity contribution in [2.24, 2.45) is 0 Å². The number of nitrogens with zero attached hydrogens (tertiary/aromatic N) is 1. The van der Waals surface area contributed by atoms with Crippen molar-refractivity contribution < 1.29 is 14.6 Å². The van der Waals surface area contributed by atoms with E-state index in [2.05, 4.69) is 0 Å². The molecule has 2 heterocycles. The summed E-state index contributed by atoms with van der Waals surface area (Å²) in [6.07, 6.45) is 0.664. The summed E-state index contributed by atoms with van der Waals surface area (Å²) in [5.41, 5.74) is -0.527. The van der Waals surface area contributed by atoms with Crippen molar-refractivity contribution >= 4 is 39.1 Å². The van der Waals surface area contributed by atoms with Gasteiger partial charge in [-0.3, -0.25) is 0 Å². The molecule has 24 heavy (non-hydrogen) atoms. The van der Waals surface area contributed by atoms with Crippen LogP contribution in [0.4, 0.5) is 4.79 Å². The second kappa shape index (κ2) is 6.21. The Morgan fingerprint density at radius 3 is 2.62 bits per heavy atom. The summed E-state index contributed by atoms with van der Waals surface area (Å²) in [4.78, 5) is 13.8. The van der Waals surface area contributed by atoms with Crippen LogP contribution >= 0.6 is 22.9 Å². The highest BCUT2D eigenvalue weighted by Gasteiger charge is 2.38. The molecule has 6 heteroatoms. The van der Waals surface area contributed by atoms with Crippen LogP contribution < -0.4 is 0 Å². The van der Waals surface area contributed by atoms with Crippen molar-refractivity contribution in [2.75, 3.05) is 13.1 Å². The smallest absolute Gasteiger partial charge is 0.410 e. The van der Waals surface area contributed by atoms with Gasteiger partial charge in [0.25, 0.3) is 0 Å². The van der Waals surface area contributed by atoms with Crippen LogP contribution in [0.3, 0.4) is 0 Å². The molecule has 2 aromatic rings. The molecule has 3 rings (SSSR count). The third-order valence-electron chi connectivity index (χ3n) is 4.28. The van der Waals surface area contributed by atoms with Crippen LogP contribution in [-0.4, -0.2) is 34.8 Å². The van der Waals surface area contributed by atoms with Gasteiger partial charge in [0.05, 0.1) is 5.60 Å². The first kappa shape index (κ1) is 17.5. The molecule has 1 aromatic heterocycles. The molecule has 0 atom stereocenters. The number of hydrogen-bond donors (Lipinski definition) is 1. The summed E-state index contributed by atoms with van der Waals surface area (Å²) in [6, 6.07) is 5.74. The second-order valence-corrected chi connectivity index (χ2v) is 8.64. The van der Waals surface area contributed by atoms with Gasteiger partial charge in [0.2, 0.25) is 0 Å². The largest absolute Gasteiger partial charge is 0.444 e. The molecule has 0 unspecified atom stereocenters. The van der Waals surface area contributed by atoms with E-state index in [1.54, 1.807) is 16.2 Å². The van der Waals surface area contributed by atoms with Crippen molar-refractivity contribution in [1.29, 1.82) is 0 Å². The third kappa shape index (κ3) is 3.53. The average molecular weight is 368 g/mol. The highest BCUT2D eigenvalue weighted by molar-refractivity contribution is 7.17. The van der Waals surface area contributed by atoms with Gasteiger partial charge in [0, 0.05) is 28.4 Å². The highest BCUT2D eigenvalue weighted by Crippen LogP contribution is 2.40. The van der Waals surface area contributed by atoms with Crippen LogP contribution in [0.15, 0.2) is 23.6 Å². The van der Waals surface area contributed by atoms with Gasteiger partial charge in [-0.2, -0.15) is 0 Å². The Kier molecular flexibility index (Phi) is 4.53. The molecule has 1 fully saturated rings. The number of amides is 1. The third-order valence-corrected chi connectivity index (χ3v) is 5.48. The van der Waals surface area contributed by atoms with Crippen LogP contribution in [0.5, 0.6) is 0 Å². The second-order valence-electron chi connectivity index (χ2n) is 7.29. The van der Waals surface area contributed by atoms with Crippen LogP contribution in [0.1, 0.15) is 39.2 Å². The zero-order valence-corrected chi connectivity index (χ0v) is 15.7. The predicted octanol–water partition coefficient (Wildman–Crippen LogP) is 4.77. The van der Waals surface area contributed by atoms with Gasteiger partial charge >= 0.3 is 6.09 Å². The lowest BCUT2D eigenvalue weighted by Gasteiger charge is -2.38. The van der Waals surface area contributed by atoms with E-state index in [9.17, 15) is 9.90 Å².